The van der Waals surface area contributed by atoms with Gasteiger partial charge in [0.2, 0.25) is 0 Å². The fraction of sp³-hybridized carbons (Fsp3) is 0.476. The number of ether oxygens (including phenoxy) is 5. The van der Waals surface area contributed by atoms with Gasteiger partial charge in [0.05, 0.1) is 38.6 Å². The number of hydrogen-bond donors (Lipinski definition) is 0. The summed E-state index contributed by atoms with van der Waals surface area (Å²) >= 11 is 0. The largest absolute Gasteiger partial charge is 0.491 e. The SMILES string of the molecule is COC(=O)c1ccc(OCCOCC/C=C\C(=O)OC(C)(C)C)cc1C(=O)OC. The van der Waals surface area contributed by atoms with Gasteiger partial charge in [0.25, 0.3) is 0 Å². The Kier molecular flexibility index (Phi) is 9.88. The van der Waals surface area contributed by atoms with Gasteiger partial charge in [0, 0.05) is 6.08 Å². The van der Waals surface area contributed by atoms with Gasteiger partial charge in [-0.2, -0.15) is 0 Å². The minimum Gasteiger partial charge on any atom is -0.491 e. The maximum atomic E-state index is 11.9. The second-order valence-electron chi connectivity index (χ2n) is 6.88. The molecule has 0 amide bonds. The van der Waals surface area contributed by atoms with Gasteiger partial charge in [0.15, 0.2) is 0 Å². The molecule has 0 saturated carbocycles. The van der Waals surface area contributed by atoms with Crippen molar-refractivity contribution in [3.63, 3.8) is 0 Å². The molecule has 0 aliphatic rings. The summed E-state index contributed by atoms with van der Waals surface area (Å²) in [6.07, 6.45) is 3.62. The Morgan fingerprint density at radius 1 is 0.931 bits per heavy atom. The number of rotatable bonds is 10. The molecule has 0 fully saturated rings. The van der Waals surface area contributed by atoms with E-state index in [-0.39, 0.29) is 17.7 Å². The van der Waals surface area contributed by atoms with Crippen molar-refractivity contribution < 1.29 is 38.1 Å². The van der Waals surface area contributed by atoms with E-state index < -0.39 is 23.5 Å². The Balaban J connectivity index is 2.40. The zero-order chi connectivity index (χ0) is 21.9. The maximum absolute atomic E-state index is 11.9. The topological polar surface area (TPSA) is 97.4 Å². The molecule has 0 aliphatic carbocycles. The lowest BCUT2D eigenvalue weighted by Gasteiger charge is -2.17. The van der Waals surface area contributed by atoms with Crippen LogP contribution < -0.4 is 4.74 Å². The van der Waals surface area contributed by atoms with Gasteiger partial charge < -0.3 is 23.7 Å². The average Bonchev–Trinajstić information content (AvgIpc) is 2.67. The van der Waals surface area contributed by atoms with Crippen LogP contribution in [0, 0.1) is 0 Å². The van der Waals surface area contributed by atoms with Crippen LogP contribution in [-0.2, 0) is 23.7 Å². The highest BCUT2D eigenvalue weighted by Gasteiger charge is 2.19. The van der Waals surface area contributed by atoms with Crippen molar-refractivity contribution in [2.75, 3.05) is 34.0 Å². The molecular formula is C21H28O8. The van der Waals surface area contributed by atoms with Gasteiger partial charge in [-0.25, -0.2) is 14.4 Å². The van der Waals surface area contributed by atoms with Crippen LogP contribution in [0.1, 0.15) is 47.9 Å². The molecule has 0 heterocycles. The molecule has 160 valence electrons. The molecule has 0 saturated heterocycles. The minimum absolute atomic E-state index is 0.0602. The molecule has 0 radical (unpaired) electrons. The van der Waals surface area contributed by atoms with E-state index >= 15 is 0 Å². The number of carbonyl (C=O) groups is 3. The molecule has 8 heteroatoms. The van der Waals surface area contributed by atoms with Crippen molar-refractivity contribution in [1.82, 2.24) is 0 Å². The Morgan fingerprint density at radius 2 is 1.59 bits per heavy atom. The summed E-state index contributed by atoms with van der Waals surface area (Å²) in [7, 11) is 2.45. The summed E-state index contributed by atoms with van der Waals surface area (Å²) in [5.41, 5.74) is -0.359. The van der Waals surface area contributed by atoms with Crippen LogP contribution >= 0.6 is 0 Å². The van der Waals surface area contributed by atoms with E-state index in [2.05, 4.69) is 9.47 Å². The van der Waals surface area contributed by atoms with Gasteiger partial charge in [0.1, 0.15) is 18.0 Å². The number of carbonyl (C=O) groups excluding carboxylic acids is 3. The lowest BCUT2D eigenvalue weighted by molar-refractivity contribution is -0.148. The van der Waals surface area contributed by atoms with Crippen molar-refractivity contribution in [3.8, 4) is 5.75 Å². The molecule has 29 heavy (non-hydrogen) atoms. The first-order chi connectivity index (χ1) is 13.7. The lowest BCUT2D eigenvalue weighted by atomic mass is 10.1. The number of hydrogen-bond acceptors (Lipinski definition) is 8. The van der Waals surface area contributed by atoms with Crippen molar-refractivity contribution in [2.45, 2.75) is 32.8 Å². The summed E-state index contributed by atoms with van der Waals surface area (Å²) in [5.74, 6) is -1.30. The predicted octanol–water partition coefficient (Wildman–Crippen LogP) is 2.94. The predicted molar refractivity (Wildman–Crippen MR) is 105 cm³/mol. The Bertz CT molecular complexity index is 731. The third-order valence-electron chi connectivity index (χ3n) is 3.39. The number of esters is 3. The third kappa shape index (κ3) is 9.25. The second-order valence-corrected chi connectivity index (χ2v) is 6.88. The molecule has 1 aromatic carbocycles. The number of methoxy groups -OCH3 is 2. The summed E-state index contributed by atoms with van der Waals surface area (Å²) in [5, 5.41) is 0. The monoisotopic (exact) mass is 408 g/mol. The molecule has 1 aromatic rings. The first kappa shape index (κ1) is 24.2. The van der Waals surface area contributed by atoms with E-state index in [4.69, 9.17) is 14.2 Å². The first-order valence-electron chi connectivity index (χ1n) is 9.08. The molecule has 0 unspecified atom stereocenters. The first-order valence-corrected chi connectivity index (χ1v) is 9.08. The molecule has 0 bridgehead atoms. The van der Waals surface area contributed by atoms with Gasteiger partial charge in [-0.3, -0.25) is 0 Å². The molecule has 8 nitrogen and oxygen atoms in total. The molecule has 0 spiro atoms. The highest BCUT2D eigenvalue weighted by Crippen LogP contribution is 2.20. The van der Waals surface area contributed by atoms with Crippen LogP contribution in [0.15, 0.2) is 30.4 Å². The number of benzene rings is 1. The molecule has 0 N–H and O–H groups in total. The van der Waals surface area contributed by atoms with Crippen molar-refractivity contribution in [3.05, 3.63) is 41.5 Å². The summed E-state index contributed by atoms with van der Waals surface area (Å²) in [6.45, 7) is 6.38. The molecule has 0 aliphatic heterocycles. The summed E-state index contributed by atoms with van der Waals surface area (Å²) < 4.78 is 25.4. The Morgan fingerprint density at radius 3 is 2.21 bits per heavy atom. The van der Waals surface area contributed by atoms with E-state index in [1.807, 2.05) is 0 Å². The van der Waals surface area contributed by atoms with E-state index in [1.165, 1.54) is 32.4 Å². The normalized spacial score (nSPS) is 11.2. The van der Waals surface area contributed by atoms with Crippen LogP contribution in [0.5, 0.6) is 5.75 Å². The zero-order valence-electron chi connectivity index (χ0n) is 17.5. The van der Waals surface area contributed by atoms with Gasteiger partial charge in [-0.15, -0.1) is 0 Å². The van der Waals surface area contributed by atoms with E-state index in [9.17, 15) is 14.4 Å². The van der Waals surface area contributed by atoms with Crippen molar-refractivity contribution >= 4 is 17.9 Å². The van der Waals surface area contributed by atoms with E-state index in [1.54, 1.807) is 32.9 Å². The molecule has 1 rings (SSSR count). The van der Waals surface area contributed by atoms with Gasteiger partial charge >= 0.3 is 17.9 Å². The highest BCUT2D eigenvalue weighted by atomic mass is 16.6. The quantitative estimate of drug-likeness (QED) is 0.252. The van der Waals surface area contributed by atoms with Crippen molar-refractivity contribution in [1.29, 1.82) is 0 Å². The van der Waals surface area contributed by atoms with Crippen LogP contribution in [-0.4, -0.2) is 57.5 Å². The molecule has 0 atom stereocenters. The van der Waals surface area contributed by atoms with Gasteiger partial charge in [-0.1, -0.05) is 6.08 Å². The Hall–Kier alpha value is -2.87. The second kappa shape index (κ2) is 11.9. The lowest BCUT2D eigenvalue weighted by Crippen LogP contribution is -2.22. The fourth-order valence-corrected chi connectivity index (χ4v) is 2.17. The van der Waals surface area contributed by atoms with Crippen molar-refractivity contribution in [2.24, 2.45) is 0 Å². The average molecular weight is 408 g/mol. The van der Waals surface area contributed by atoms with Crippen LogP contribution in [0.4, 0.5) is 0 Å². The van der Waals surface area contributed by atoms with Crippen LogP contribution in [0.3, 0.4) is 0 Å². The highest BCUT2D eigenvalue weighted by molar-refractivity contribution is 6.03. The standard InChI is InChI=1S/C21H28O8/c1-21(2,3)29-18(22)8-6-7-11-27-12-13-28-15-9-10-16(19(23)25-4)17(14-15)20(24)26-5/h6,8-10,14H,7,11-13H2,1-5H3/b8-6-. The molecular weight excluding hydrogens is 380 g/mol. The Labute approximate surface area is 170 Å². The van der Waals surface area contributed by atoms with Gasteiger partial charge in [-0.05, 0) is 45.4 Å². The van der Waals surface area contributed by atoms with E-state index in [0.717, 1.165) is 0 Å². The molecule has 0 aromatic heterocycles. The van der Waals surface area contributed by atoms with Crippen LogP contribution in [0.25, 0.3) is 0 Å². The minimum atomic E-state index is -0.663. The smallest absolute Gasteiger partial charge is 0.338 e. The van der Waals surface area contributed by atoms with Crippen LogP contribution in [0.2, 0.25) is 0 Å². The third-order valence-corrected chi connectivity index (χ3v) is 3.39. The zero-order valence-corrected chi connectivity index (χ0v) is 17.5. The fourth-order valence-electron chi connectivity index (χ4n) is 2.17. The van der Waals surface area contributed by atoms with E-state index in [0.29, 0.717) is 25.4 Å². The summed E-state index contributed by atoms with van der Waals surface area (Å²) in [6, 6.07) is 4.42. The summed E-state index contributed by atoms with van der Waals surface area (Å²) in [4.78, 5) is 35.1. The maximum Gasteiger partial charge on any atom is 0.338 e.